The van der Waals surface area contributed by atoms with E-state index < -0.39 is 12.1 Å². The van der Waals surface area contributed by atoms with Crippen molar-refractivity contribution in [1.82, 2.24) is 0 Å². The molecule has 0 amide bonds. The second-order valence-corrected chi connectivity index (χ2v) is 10.1. The Bertz CT molecular complexity index is 1040. The summed E-state index contributed by atoms with van der Waals surface area (Å²) in [4.78, 5) is 25.3. The molecule has 190 valence electrons. The van der Waals surface area contributed by atoms with Crippen molar-refractivity contribution in [3.63, 3.8) is 0 Å². The van der Waals surface area contributed by atoms with Crippen molar-refractivity contribution in [2.45, 2.75) is 76.7 Å². The summed E-state index contributed by atoms with van der Waals surface area (Å²) in [5, 5.41) is 0. The van der Waals surface area contributed by atoms with Crippen molar-refractivity contribution in [3.8, 4) is 0 Å². The zero-order valence-electron chi connectivity index (χ0n) is 21.4. The lowest BCUT2D eigenvalue weighted by molar-refractivity contribution is -0.142. The number of carbonyl (C=O) groups is 2. The third-order valence-corrected chi connectivity index (χ3v) is 7.50. The minimum atomic E-state index is -0.666. The molecule has 1 fully saturated rings. The van der Waals surface area contributed by atoms with Crippen LogP contribution in [0.1, 0.15) is 98.2 Å². The average Bonchev–Trinajstić information content (AvgIpc) is 3.47. The molecule has 0 bridgehead atoms. The van der Waals surface area contributed by atoms with Gasteiger partial charge in [0.2, 0.25) is 0 Å². The molecule has 0 heterocycles. The SMILES string of the molecule is CCCCCC1CCC(c2ccc(C(=O)OC(COC(=O)C3=CC=CC3)c3ccccc3)cc2)CC1. The monoisotopic (exact) mass is 486 g/mol. The number of hydrogen-bond acceptors (Lipinski definition) is 4. The van der Waals surface area contributed by atoms with Crippen LogP contribution in [0.2, 0.25) is 0 Å². The molecule has 1 saturated carbocycles. The van der Waals surface area contributed by atoms with Gasteiger partial charge >= 0.3 is 11.9 Å². The van der Waals surface area contributed by atoms with E-state index >= 15 is 0 Å². The van der Waals surface area contributed by atoms with Gasteiger partial charge in [-0.2, -0.15) is 0 Å². The van der Waals surface area contributed by atoms with E-state index in [1.165, 1.54) is 56.9 Å². The largest absolute Gasteiger partial charge is 0.458 e. The van der Waals surface area contributed by atoms with Gasteiger partial charge < -0.3 is 9.47 Å². The molecule has 4 rings (SSSR count). The molecule has 0 spiro atoms. The number of rotatable bonds is 11. The molecule has 1 unspecified atom stereocenters. The fourth-order valence-electron chi connectivity index (χ4n) is 5.26. The number of carbonyl (C=O) groups excluding carboxylic acids is 2. The van der Waals surface area contributed by atoms with Crippen LogP contribution in [-0.4, -0.2) is 18.5 Å². The Morgan fingerprint density at radius 2 is 1.67 bits per heavy atom. The number of hydrogen-bond donors (Lipinski definition) is 0. The Kier molecular flexibility index (Phi) is 9.54. The van der Waals surface area contributed by atoms with Crippen LogP contribution in [0.25, 0.3) is 0 Å². The molecule has 0 aliphatic heterocycles. The molecule has 4 nitrogen and oxygen atoms in total. The molecule has 2 aromatic rings. The van der Waals surface area contributed by atoms with Gasteiger partial charge in [0.05, 0.1) is 5.56 Å². The highest BCUT2D eigenvalue weighted by Gasteiger charge is 2.24. The Labute approximate surface area is 215 Å². The van der Waals surface area contributed by atoms with Gasteiger partial charge in [0.1, 0.15) is 6.61 Å². The quantitative estimate of drug-likeness (QED) is 0.239. The van der Waals surface area contributed by atoms with Crippen LogP contribution in [0.4, 0.5) is 0 Å². The average molecular weight is 487 g/mol. The highest BCUT2D eigenvalue weighted by atomic mass is 16.6. The van der Waals surface area contributed by atoms with E-state index in [9.17, 15) is 9.59 Å². The summed E-state index contributed by atoms with van der Waals surface area (Å²) in [6.07, 6.45) is 15.9. The molecule has 1 atom stereocenters. The fourth-order valence-corrected chi connectivity index (χ4v) is 5.26. The van der Waals surface area contributed by atoms with Crippen molar-refractivity contribution in [2.24, 2.45) is 5.92 Å². The van der Waals surface area contributed by atoms with E-state index in [4.69, 9.17) is 9.47 Å². The first-order chi connectivity index (χ1) is 17.6. The minimum absolute atomic E-state index is 0.0223. The van der Waals surface area contributed by atoms with Gasteiger partial charge in [0.15, 0.2) is 6.10 Å². The highest BCUT2D eigenvalue weighted by molar-refractivity contribution is 5.90. The Hall–Kier alpha value is -3.14. The van der Waals surface area contributed by atoms with E-state index in [0.29, 0.717) is 23.5 Å². The maximum Gasteiger partial charge on any atom is 0.338 e. The minimum Gasteiger partial charge on any atom is -0.458 e. The van der Waals surface area contributed by atoms with Crippen molar-refractivity contribution in [3.05, 3.63) is 95.1 Å². The lowest BCUT2D eigenvalue weighted by Gasteiger charge is -2.29. The lowest BCUT2D eigenvalue weighted by atomic mass is 9.77. The van der Waals surface area contributed by atoms with Crippen LogP contribution < -0.4 is 0 Å². The third-order valence-electron chi connectivity index (χ3n) is 7.50. The molecule has 0 aromatic heterocycles. The second-order valence-electron chi connectivity index (χ2n) is 10.1. The smallest absolute Gasteiger partial charge is 0.338 e. The number of unbranched alkanes of at least 4 members (excludes halogenated alkanes) is 2. The highest BCUT2D eigenvalue weighted by Crippen LogP contribution is 2.38. The van der Waals surface area contributed by atoms with Crippen LogP contribution in [0.15, 0.2) is 78.4 Å². The van der Waals surface area contributed by atoms with Gasteiger partial charge in [0.25, 0.3) is 0 Å². The first-order valence-electron chi connectivity index (χ1n) is 13.5. The zero-order valence-corrected chi connectivity index (χ0v) is 21.4. The first kappa shape index (κ1) is 25.9. The van der Waals surface area contributed by atoms with Crippen molar-refractivity contribution >= 4 is 11.9 Å². The Morgan fingerprint density at radius 3 is 2.33 bits per heavy atom. The van der Waals surface area contributed by atoms with E-state index in [-0.39, 0.29) is 12.6 Å². The molecular weight excluding hydrogens is 448 g/mol. The van der Waals surface area contributed by atoms with E-state index in [0.717, 1.165) is 11.5 Å². The van der Waals surface area contributed by atoms with Crippen molar-refractivity contribution < 1.29 is 19.1 Å². The van der Waals surface area contributed by atoms with Crippen LogP contribution in [-0.2, 0) is 14.3 Å². The third kappa shape index (κ3) is 7.19. The summed E-state index contributed by atoms with van der Waals surface area (Å²) in [6, 6.07) is 17.3. The summed E-state index contributed by atoms with van der Waals surface area (Å²) in [7, 11) is 0. The van der Waals surface area contributed by atoms with Gasteiger partial charge in [-0.1, -0.05) is 93.3 Å². The molecule has 0 saturated heterocycles. The van der Waals surface area contributed by atoms with E-state index in [2.05, 4.69) is 19.1 Å². The molecule has 0 radical (unpaired) electrons. The Morgan fingerprint density at radius 1 is 0.917 bits per heavy atom. The number of esters is 2. The lowest BCUT2D eigenvalue weighted by Crippen LogP contribution is -2.19. The molecule has 0 N–H and O–H groups in total. The molecule has 4 heteroatoms. The van der Waals surface area contributed by atoms with Gasteiger partial charge in [-0.25, -0.2) is 9.59 Å². The maximum absolute atomic E-state index is 13.0. The van der Waals surface area contributed by atoms with Gasteiger partial charge in [-0.05, 0) is 67.2 Å². The van der Waals surface area contributed by atoms with Gasteiger partial charge in [0, 0.05) is 5.57 Å². The topological polar surface area (TPSA) is 52.6 Å². The summed E-state index contributed by atoms with van der Waals surface area (Å²) in [5.74, 6) is 0.676. The summed E-state index contributed by atoms with van der Waals surface area (Å²) in [6.45, 7) is 2.24. The maximum atomic E-state index is 13.0. The van der Waals surface area contributed by atoms with E-state index in [1.807, 2.05) is 54.6 Å². The van der Waals surface area contributed by atoms with Gasteiger partial charge in [-0.15, -0.1) is 0 Å². The molecule has 2 aliphatic carbocycles. The van der Waals surface area contributed by atoms with Crippen molar-refractivity contribution in [1.29, 1.82) is 0 Å². The normalized spacial score (nSPS) is 20.0. The molecular formula is C32H38O4. The summed E-state index contributed by atoms with van der Waals surface area (Å²) >= 11 is 0. The molecule has 36 heavy (non-hydrogen) atoms. The summed E-state index contributed by atoms with van der Waals surface area (Å²) < 4.78 is 11.3. The van der Waals surface area contributed by atoms with Gasteiger partial charge in [-0.3, -0.25) is 0 Å². The number of benzene rings is 2. The van der Waals surface area contributed by atoms with Crippen LogP contribution in [0, 0.1) is 5.92 Å². The zero-order chi connectivity index (χ0) is 25.2. The number of ether oxygens (including phenoxy) is 2. The van der Waals surface area contributed by atoms with Crippen LogP contribution >= 0.6 is 0 Å². The molecule has 2 aromatic carbocycles. The van der Waals surface area contributed by atoms with Crippen LogP contribution in [0.3, 0.4) is 0 Å². The van der Waals surface area contributed by atoms with Crippen molar-refractivity contribution in [2.75, 3.05) is 6.61 Å². The summed E-state index contributed by atoms with van der Waals surface area (Å²) in [5.41, 5.74) is 3.23. The van der Waals surface area contributed by atoms with Crippen LogP contribution in [0.5, 0.6) is 0 Å². The second kappa shape index (κ2) is 13.2. The standard InChI is InChI=1S/C32H38O4/c1-2-3-5-10-24-15-17-25(18-16-24)26-19-21-29(22-20-26)32(34)36-30(27-11-6-4-7-12-27)23-35-31(33)28-13-8-9-14-28/h4,6-9,11-13,19-22,24-25,30H,2-3,5,10,14-18,23H2,1H3. The Balaban J connectivity index is 1.33. The fraction of sp³-hybridized carbons (Fsp3) is 0.438. The van der Waals surface area contributed by atoms with E-state index in [1.54, 1.807) is 6.08 Å². The first-order valence-corrected chi connectivity index (χ1v) is 13.5. The predicted octanol–water partition coefficient (Wildman–Crippen LogP) is 7.87. The predicted molar refractivity (Wildman–Crippen MR) is 143 cm³/mol. The molecule has 2 aliphatic rings. The number of allylic oxidation sites excluding steroid dienone is 3.